The summed E-state index contributed by atoms with van der Waals surface area (Å²) in [7, 11) is 0. The molecule has 0 amide bonds. The van der Waals surface area contributed by atoms with Gasteiger partial charge in [0.15, 0.2) is 0 Å². The van der Waals surface area contributed by atoms with E-state index in [1.807, 2.05) is 18.2 Å². The fourth-order valence-electron chi connectivity index (χ4n) is 1.41. The van der Waals surface area contributed by atoms with Gasteiger partial charge in [-0.3, -0.25) is 5.32 Å². The third-order valence-corrected chi connectivity index (χ3v) is 2.54. The summed E-state index contributed by atoms with van der Waals surface area (Å²) in [6, 6.07) is 8.17. The fraction of sp³-hybridized carbons (Fsp3) is 0.467. The van der Waals surface area contributed by atoms with Crippen molar-refractivity contribution in [1.82, 2.24) is 5.32 Å². The molecule has 1 nitrogen and oxygen atoms in total. The molecular weight excluding hydrogens is 230 g/mol. The van der Waals surface area contributed by atoms with Crippen LogP contribution in [0.4, 0.5) is 0 Å². The van der Waals surface area contributed by atoms with Gasteiger partial charge in [0.25, 0.3) is 0 Å². The smallest absolute Gasteiger partial charge is 0.0581 e. The van der Waals surface area contributed by atoms with Crippen molar-refractivity contribution >= 4 is 11.6 Å². The molecule has 0 heterocycles. The van der Waals surface area contributed by atoms with Crippen LogP contribution in [0.1, 0.15) is 39.3 Å². The number of hydrogen-bond donors (Lipinski definition) is 1. The summed E-state index contributed by atoms with van der Waals surface area (Å²) in [6.07, 6.45) is 0. The Hall–Kier alpha value is -0.970. The summed E-state index contributed by atoms with van der Waals surface area (Å²) < 4.78 is 0. The molecule has 17 heavy (non-hydrogen) atoms. The van der Waals surface area contributed by atoms with Crippen LogP contribution in [0.15, 0.2) is 24.3 Å². The first kappa shape index (κ1) is 14.1. The summed E-state index contributed by atoms with van der Waals surface area (Å²) >= 11 is 5.95. The molecule has 0 fully saturated rings. The van der Waals surface area contributed by atoms with Crippen LogP contribution >= 0.6 is 11.6 Å². The summed E-state index contributed by atoms with van der Waals surface area (Å²) in [5.41, 5.74) is 1.26. The molecule has 0 unspecified atom stereocenters. The van der Waals surface area contributed by atoms with Gasteiger partial charge in [-0.05, 0) is 45.4 Å². The van der Waals surface area contributed by atoms with Gasteiger partial charge >= 0.3 is 0 Å². The summed E-state index contributed by atoms with van der Waals surface area (Å²) in [4.78, 5) is 0. The van der Waals surface area contributed by atoms with Gasteiger partial charge in [0, 0.05) is 16.5 Å². The average molecular weight is 250 g/mol. The minimum absolute atomic E-state index is 0.0704. The van der Waals surface area contributed by atoms with Crippen molar-refractivity contribution in [2.45, 2.75) is 33.7 Å². The number of halogens is 1. The van der Waals surface area contributed by atoms with Gasteiger partial charge in [-0.1, -0.05) is 35.6 Å². The Bertz CT molecular complexity index is 421. The molecule has 2 heteroatoms. The molecule has 0 aliphatic carbocycles. The highest BCUT2D eigenvalue weighted by Gasteiger charge is 2.05. The largest absolute Gasteiger partial charge is 0.300 e. The normalized spacial score (nSPS) is 12.8. The molecule has 0 saturated carbocycles. The van der Waals surface area contributed by atoms with Crippen LogP contribution in [0, 0.1) is 17.3 Å². The van der Waals surface area contributed by atoms with Crippen LogP contribution in [-0.4, -0.2) is 6.54 Å². The Balaban J connectivity index is 2.50. The van der Waals surface area contributed by atoms with Gasteiger partial charge in [0.05, 0.1) is 6.54 Å². The third-order valence-electron chi connectivity index (χ3n) is 2.31. The Kier molecular flexibility index (Phi) is 5.05. The second kappa shape index (κ2) is 6.10. The quantitative estimate of drug-likeness (QED) is 0.798. The van der Waals surface area contributed by atoms with Crippen molar-refractivity contribution in [3.8, 4) is 11.8 Å². The van der Waals surface area contributed by atoms with Crippen LogP contribution in [0.2, 0.25) is 5.02 Å². The monoisotopic (exact) mass is 249 g/mol. The molecule has 0 aliphatic heterocycles. The number of rotatable bonds is 3. The van der Waals surface area contributed by atoms with E-state index in [1.54, 1.807) is 0 Å². The lowest BCUT2D eigenvalue weighted by molar-refractivity contribution is 0.568. The molecule has 0 saturated heterocycles. The third kappa shape index (κ3) is 5.77. The molecule has 1 aromatic carbocycles. The van der Waals surface area contributed by atoms with E-state index >= 15 is 0 Å². The molecule has 0 radical (unpaired) electrons. The van der Waals surface area contributed by atoms with Crippen LogP contribution in [-0.2, 0) is 0 Å². The summed E-state index contributed by atoms with van der Waals surface area (Å²) in [5, 5.41) is 4.14. The molecule has 1 atom stereocenters. The van der Waals surface area contributed by atoms with Gasteiger partial charge in [0.2, 0.25) is 0 Å². The van der Waals surface area contributed by atoms with E-state index in [0.29, 0.717) is 6.54 Å². The number of benzene rings is 1. The zero-order valence-corrected chi connectivity index (χ0v) is 11.7. The lowest BCUT2D eigenvalue weighted by Gasteiger charge is -2.12. The van der Waals surface area contributed by atoms with Crippen molar-refractivity contribution in [3.63, 3.8) is 0 Å². The van der Waals surface area contributed by atoms with Crippen LogP contribution < -0.4 is 5.32 Å². The Morgan fingerprint density at radius 3 is 2.65 bits per heavy atom. The van der Waals surface area contributed by atoms with Gasteiger partial charge in [-0.25, -0.2) is 0 Å². The van der Waals surface area contributed by atoms with Gasteiger partial charge in [0.1, 0.15) is 0 Å². The molecule has 92 valence electrons. The molecule has 0 aliphatic rings. The van der Waals surface area contributed by atoms with Gasteiger partial charge in [-0.2, -0.15) is 0 Å². The van der Waals surface area contributed by atoms with Crippen molar-refractivity contribution in [2.75, 3.05) is 6.54 Å². The predicted octanol–water partition coefficient (Wildman–Crippen LogP) is 4.04. The topological polar surface area (TPSA) is 12.0 Å². The van der Waals surface area contributed by atoms with E-state index in [9.17, 15) is 0 Å². The van der Waals surface area contributed by atoms with Crippen LogP contribution in [0.3, 0.4) is 0 Å². The molecule has 1 aromatic rings. The Morgan fingerprint density at radius 2 is 2.06 bits per heavy atom. The average Bonchev–Trinajstić information content (AvgIpc) is 2.23. The standard InChI is InChI=1S/C15H20ClN/c1-12(13-7-5-8-14(16)11-13)17-10-6-9-15(2,3)4/h5,7-8,11-12,17H,10H2,1-4H3/t12-/m1/s1. The number of hydrogen-bond acceptors (Lipinski definition) is 1. The maximum absolute atomic E-state index is 5.95. The summed E-state index contributed by atoms with van der Waals surface area (Å²) in [6.45, 7) is 9.15. The van der Waals surface area contributed by atoms with Gasteiger partial charge < -0.3 is 0 Å². The SMILES string of the molecule is C[C@@H](NCC#CC(C)(C)C)c1cccc(Cl)c1. The second-order valence-corrected chi connectivity index (χ2v) is 5.65. The molecule has 1 rings (SSSR count). The highest BCUT2D eigenvalue weighted by atomic mass is 35.5. The highest BCUT2D eigenvalue weighted by molar-refractivity contribution is 6.30. The van der Waals surface area contributed by atoms with Crippen LogP contribution in [0.5, 0.6) is 0 Å². The minimum Gasteiger partial charge on any atom is -0.300 e. The van der Waals surface area contributed by atoms with E-state index in [4.69, 9.17) is 11.6 Å². The van der Waals surface area contributed by atoms with E-state index in [-0.39, 0.29) is 11.5 Å². The zero-order valence-electron chi connectivity index (χ0n) is 11.0. The zero-order chi connectivity index (χ0) is 12.9. The lowest BCUT2D eigenvalue weighted by Crippen LogP contribution is -2.19. The number of nitrogens with one attached hydrogen (secondary N) is 1. The predicted molar refractivity (Wildman–Crippen MR) is 75.1 cm³/mol. The Morgan fingerprint density at radius 1 is 1.35 bits per heavy atom. The first-order chi connectivity index (χ1) is 7.88. The Labute approximate surface area is 110 Å². The van der Waals surface area contributed by atoms with Crippen LogP contribution in [0.25, 0.3) is 0 Å². The lowest BCUT2D eigenvalue weighted by atomic mass is 9.98. The van der Waals surface area contributed by atoms with Crippen molar-refractivity contribution in [3.05, 3.63) is 34.9 Å². The second-order valence-electron chi connectivity index (χ2n) is 5.21. The first-order valence-corrected chi connectivity index (χ1v) is 6.25. The molecule has 0 bridgehead atoms. The van der Waals surface area contributed by atoms with Gasteiger partial charge in [-0.15, -0.1) is 0 Å². The molecule has 0 spiro atoms. The van der Waals surface area contributed by atoms with E-state index in [2.05, 4.69) is 50.9 Å². The highest BCUT2D eigenvalue weighted by Crippen LogP contribution is 2.17. The molecule has 1 N–H and O–H groups in total. The fourth-order valence-corrected chi connectivity index (χ4v) is 1.61. The first-order valence-electron chi connectivity index (χ1n) is 5.87. The molecular formula is C15H20ClN. The minimum atomic E-state index is 0.0704. The maximum Gasteiger partial charge on any atom is 0.0581 e. The van der Waals surface area contributed by atoms with E-state index < -0.39 is 0 Å². The maximum atomic E-state index is 5.95. The summed E-state index contributed by atoms with van der Waals surface area (Å²) in [5.74, 6) is 6.35. The van der Waals surface area contributed by atoms with Crippen molar-refractivity contribution in [2.24, 2.45) is 5.41 Å². The van der Waals surface area contributed by atoms with Crippen molar-refractivity contribution in [1.29, 1.82) is 0 Å². The molecule has 0 aromatic heterocycles. The van der Waals surface area contributed by atoms with Crippen molar-refractivity contribution < 1.29 is 0 Å². The van der Waals surface area contributed by atoms with E-state index in [0.717, 1.165) is 5.02 Å². The van der Waals surface area contributed by atoms with E-state index in [1.165, 1.54) is 5.56 Å².